The predicted molar refractivity (Wildman–Crippen MR) is 58.9 cm³/mol. The first-order chi connectivity index (χ1) is 5.49. The zero-order valence-corrected chi connectivity index (χ0v) is 9.77. The maximum Gasteiger partial charge on any atom is 0.0532 e. The molecular formula is C9H20N2S. The molecule has 1 unspecified atom stereocenters. The Labute approximate surface area is 80.4 Å². The zero-order valence-electron chi connectivity index (χ0n) is 8.96. The molecule has 0 saturated carbocycles. The highest BCUT2D eigenvalue weighted by atomic mass is 32.2. The van der Waals surface area contributed by atoms with Crippen LogP contribution in [0.3, 0.4) is 0 Å². The average Bonchev–Trinajstić information content (AvgIpc) is 1.98. The lowest BCUT2D eigenvalue weighted by atomic mass is 10.1. The number of hydrogen-bond donors (Lipinski definition) is 0. The standard InChI is InChI=1S/C9H20N2S/c1-7(2)9(8(3)12-6)10-11(4)5/h7-8H,1-6H3/b10-9+. The molecule has 72 valence electrons. The van der Waals surface area contributed by atoms with E-state index >= 15 is 0 Å². The molecule has 2 nitrogen and oxygen atoms in total. The number of hydrogen-bond acceptors (Lipinski definition) is 3. The fourth-order valence-corrected chi connectivity index (χ4v) is 1.58. The average molecular weight is 188 g/mol. The van der Waals surface area contributed by atoms with E-state index < -0.39 is 0 Å². The lowest BCUT2D eigenvalue weighted by Crippen LogP contribution is -2.23. The van der Waals surface area contributed by atoms with Crippen molar-refractivity contribution in [3.63, 3.8) is 0 Å². The Balaban J connectivity index is 4.43. The predicted octanol–water partition coefficient (Wildman–Crippen LogP) is 2.31. The highest BCUT2D eigenvalue weighted by Crippen LogP contribution is 2.14. The van der Waals surface area contributed by atoms with Crippen LogP contribution in [0.4, 0.5) is 0 Å². The summed E-state index contributed by atoms with van der Waals surface area (Å²) in [6, 6.07) is 0. The van der Waals surface area contributed by atoms with Crippen molar-refractivity contribution in [3.05, 3.63) is 0 Å². The lowest BCUT2D eigenvalue weighted by molar-refractivity contribution is 0.432. The second kappa shape index (κ2) is 5.46. The molecule has 0 spiro atoms. The monoisotopic (exact) mass is 188 g/mol. The van der Waals surface area contributed by atoms with Gasteiger partial charge in [-0.05, 0) is 19.1 Å². The smallest absolute Gasteiger partial charge is 0.0532 e. The summed E-state index contributed by atoms with van der Waals surface area (Å²) in [6.45, 7) is 6.58. The van der Waals surface area contributed by atoms with Crippen LogP contribution in [0.25, 0.3) is 0 Å². The van der Waals surface area contributed by atoms with E-state index in [0.717, 1.165) is 0 Å². The fourth-order valence-electron chi connectivity index (χ4n) is 1.02. The molecule has 3 heteroatoms. The molecule has 0 radical (unpaired) electrons. The van der Waals surface area contributed by atoms with Crippen molar-refractivity contribution in [2.45, 2.75) is 26.0 Å². The molecule has 0 saturated heterocycles. The summed E-state index contributed by atoms with van der Waals surface area (Å²) in [5.74, 6) is 0.537. The molecule has 0 aliphatic rings. The van der Waals surface area contributed by atoms with Gasteiger partial charge in [-0.3, -0.25) is 0 Å². The first-order valence-electron chi connectivity index (χ1n) is 4.27. The van der Waals surface area contributed by atoms with Gasteiger partial charge in [-0.2, -0.15) is 16.9 Å². The SMILES string of the molecule is CSC(C)/C(=N/N(C)C)C(C)C. The van der Waals surface area contributed by atoms with Gasteiger partial charge < -0.3 is 5.01 Å². The van der Waals surface area contributed by atoms with Gasteiger partial charge in [0.25, 0.3) is 0 Å². The minimum atomic E-state index is 0.521. The number of hydrazone groups is 1. The second-order valence-electron chi connectivity index (χ2n) is 3.40. The summed E-state index contributed by atoms with van der Waals surface area (Å²) in [5, 5.41) is 6.87. The molecule has 0 aliphatic heterocycles. The third kappa shape index (κ3) is 4.00. The molecule has 0 aromatic heterocycles. The molecule has 0 aromatic carbocycles. The van der Waals surface area contributed by atoms with Crippen molar-refractivity contribution < 1.29 is 0 Å². The van der Waals surface area contributed by atoms with Crippen molar-refractivity contribution in [2.24, 2.45) is 11.0 Å². The quantitative estimate of drug-likeness (QED) is 0.497. The van der Waals surface area contributed by atoms with Crippen LogP contribution in [-0.2, 0) is 0 Å². The van der Waals surface area contributed by atoms with E-state index in [0.29, 0.717) is 11.2 Å². The molecule has 0 aliphatic carbocycles. The molecule has 0 aromatic rings. The van der Waals surface area contributed by atoms with Gasteiger partial charge in [-0.15, -0.1) is 0 Å². The van der Waals surface area contributed by atoms with Crippen LogP contribution in [0.5, 0.6) is 0 Å². The van der Waals surface area contributed by atoms with Crippen LogP contribution in [0, 0.1) is 5.92 Å². The molecule has 0 rings (SSSR count). The molecule has 12 heavy (non-hydrogen) atoms. The summed E-state index contributed by atoms with van der Waals surface area (Å²) < 4.78 is 0. The zero-order chi connectivity index (χ0) is 9.72. The third-order valence-corrected chi connectivity index (χ3v) is 2.63. The Morgan fingerprint density at radius 1 is 1.25 bits per heavy atom. The van der Waals surface area contributed by atoms with Gasteiger partial charge in [-0.25, -0.2) is 0 Å². The molecule has 0 heterocycles. The minimum absolute atomic E-state index is 0.521. The van der Waals surface area contributed by atoms with Gasteiger partial charge in [0.15, 0.2) is 0 Å². The van der Waals surface area contributed by atoms with Gasteiger partial charge >= 0.3 is 0 Å². The van der Waals surface area contributed by atoms with Crippen LogP contribution >= 0.6 is 11.8 Å². The molecule has 1 atom stereocenters. The summed E-state index contributed by atoms with van der Waals surface area (Å²) in [7, 11) is 3.94. The van der Waals surface area contributed by atoms with Crippen molar-refractivity contribution in [1.82, 2.24) is 5.01 Å². The maximum atomic E-state index is 4.48. The Morgan fingerprint density at radius 3 is 2.00 bits per heavy atom. The van der Waals surface area contributed by atoms with E-state index in [4.69, 9.17) is 0 Å². The highest BCUT2D eigenvalue weighted by molar-refractivity contribution is 7.99. The largest absolute Gasteiger partial charge is 0.303 e. The highest BCUT2D eigenvalue weighted by Gasteiger charge is 2.13. The third-order valence-electron chi connectivity index (χ3n) is 1.68. The van der Waals surface area contributed by atoms with E-state index in [1.165, 1.54) is 5.71 Å². The van der Waals surface area contributed by atoms with Gasteiger partial charge in [0, 0.05) is 19.3 Å². The Hall–Kier alpha value is -0.180. The topological polar surface area (TPSA) is 15.6 Å². The molecule has 0 amide bonds. The Bertz CT molecular complexity index is 153. The summed E-state index contributed by atoms with van der Waals surface area (Å²) in [5.41, 5.74) is 1.27. The summed E-state index contributed by atoms with van der Waals surface area (Å²) >= 11 is 1.85. The van der Waals surface area contributed by atoms with E-state index in [1.54, 1.807) is 0 Å². The lowest BCUT2D eigenvalue weighted by Gasteiger charge is -2.18. The number of rotatable bonds is 4. The normalized spacial score (nSPS) is 15.1. The second-order valence-corrected chi connectivity index (χ2v) is 4.58. The molecule has 0 fully saturated rings. The van der Waals surface area contributed by atoms with Gasteiger partial charge in [0.2, 0.25) is 0 Å². The summed E-state index contributed by atoms with van der Waals surface area (Å²) in [4.78, 5) is 0. The number of nitrogens with zero attached hydrogens (tertiary/aromatic N) is 2. The van der Waals surface area contributed by atoms with Crippen molar-refractivity contribution in [1.29, 1.82) is 0 Å². The van der Waals surface area contributed by atoms with Crippen molar-refractivity contribution >= 4 is 17.5 Å². The van der Waals surface area contributed by atoms with Crippen LogP contribution in [-0.4, -0.2) is 36.3 Å². The molecule has 0 N–H and O–H groups in total. The molecular weight excluding hydrogens is 168 g/mol. The number of thioether (sulfide) groups is 1. The summed E-state index contributed by atoms with van der Waals surface area (Å²) in [6.07, 6.45) is 2.12. The van der Waals surface area contributed by atoms with Crippen LogP contribution in [0.1, 0.15) is 20.8 Å². The first kappa shape index (κ1) is 11.8. The first-order valence-corrected chi connectivity index (χ1v) is 5.56. The molecule has 0 bridgehead atoms. The van der Waals surface area contributed by atoms with Crippen LogP contribution < -0.4 is 0 Å². The minimum Gasteiger partial charge on any atom is -0.303 e. The van der Waals surface area contributed by atoms with Crippen LogP contribution in [0.2, 0.25) is 0 Å². The van der Waals surface area contributed by atoms with Crippen LogP contribution in [0.15, 0.2) is 5.10 Å². The van der Waals surface area contributed by atoms with Crippen molar-refractivity contribution in [3.8, 4) is 0 Å². The van der Waals surface area contributed by atoms with E-state index in [9.17, 15) is 0 Å². The van der Waals surface area contributed by atoms with E-state index in [2.05, 4.69) is 32.1 Å². The van der Waals surface area contributed by atoms with Gasteiger partial charge in [-0.1, -0.05) is 13.8 Å². The van der Waals surface area contributed by atoms with E-state index in [-0.39, 0.29) is 0 Å². The Morgan fingerprint density at radius 2 is 1.75 bits per heavy atom. The van der Waals surface area contributed by atoms with Gasteiger partial charge in [0.05, 0.1) is 5.71 Å². The van der Waals surface area contributed by atoms with Crippen molar-refractivity contribution in [2.75, 3.05) is 20.4 Å². The maximum absolute atomic E-state index is 4.48. The Kier molecular flexibility index (Phi) is 5.38. The van der Waals surface area contributed by atoms with E-state index in [1.807, 2.05) is 30.9 Å². The van der Waals surface area contributed by atoms with Gasteiger partial charge in [0.1, 0.15) is 0 Å². The fraction of sp³-hybridized carbons (Fsp3) is 0.889.